The van der Waals surface area contributed by atoms with Crippen molar-refractivity contribution in [1.82, 2.24) is 9.88 Å². The van der Waals surface area contributed by atoms with Gasteiger partial charge < -0.3 is 15.6 Å². The zero-order chi connectivity index (χ0) is 13.5. The van der Waals surface area contributed by atoms with Crippen molar-refractivity contribution in [2.45, 2.75) is 32.7 Å². The third-order valence-electron chi connectivity index (χ3n) is 3.01. The normalized spacial score (nSPS) is 10.7. The van der Waals surface area contributed by atoms with Gasteiger partial charge in [0.15, 0.2) is 0 Å². The van der Waals surface area contributed by atoms with E-state index in [0.717, 1.165) is 12.8 Å². The van der Waals surface area contributed by atoms with Gasteiger partial charge in [0.05, 0.1) is 0 Å². The van der Waals surface area contributed by atoms with E-state index < -0.39 is 0 Å². The average Bonchev–Trinajstić information content (AvgIpc) is 2.38. The Labute approximate surface area is 107 Å². The second kappa shape index (κ2) is 6.96. The molecule has 100 valence electrons. The molecule has 1 aromatic heterocycles. The zero-order valence-electron chi connectivity index (χ0n) is 11.0. The number of nitrogens with zero attached hydrogens (tertiary/aromatic N) is 1. The van der Waals surface area contributed by atoms with Gasteiger partial charge >= 0.3 is 0 Å². The number of nitrogens with one attached hydrogen (secondary N) is 1. The first kappa shape index (κ1) is 14.4. The van der Waals surface area contributed by atoms with E-state index >= 15 is 0 Å². The molecular weight excluding hydrogens is 230 g/mol. The monoisotopic (exact) mass is 251 g/mol. The molecule has 0 aliphatic carbocycles. The largest absolute Gasteiger partial charge is 0.333 e. The van der Waals surface area contributed by atoms with E-state index in [1.54, 1.807) is 17.0 Å². The quantitative estimate of drug-likeness (QED) is 0.790. The van der Waals surface area contributed by atoms with Crippen LogP contribution in [0.15, 0.2) is 23.0 Å². The van der Waals surface area contributed by atoms with Crippen LogP contribution < -0.4 is 11.3 Å². The van der Waals surface area contributed by atoms with Gasteiger partial charge in [-0.05, 0) is 18.9 Å². The lowest BCUT2D eigenvalue weighted by atomic mass is 10.1. The highest BCUT2D eigenvalue weighted by atomic mass is 16.2. The molecule has 5 heteroatoms. The van der Waals surface area contributed by atoms with Crippen LogP contribution >= 0.6 is 0 Å². The number of hydrogen-bond acceptors (Lipinski definition) is 3. The van der Waals surface area contributed by atoms with Gasteiger partial charge in [0, 0.05) is 25.2 Å². The van der Waals surface area contributed by atoms with Crippen LogP contribution in [0.2, 0.25) is 0 Å². The summed E-state index contributed by atoms with van der Waals surface area (Å²) in [7, 11) is 0. The van der Waals surface area contributed by atoms with Gasteiger partial charge in [-0.1, -0.05) is 19.9 Å². The van der Waals surface area contributed by atoms with E-state index in [1.165, 1.54) is 6.07 Å². The summed E-state index contributed by atoms with van der Waals surface area (Å²) in [6, 6.07) is 4.75. The maximum absolute atomic E-state index is 12.3. The number of carbonyl (C=O) groups is 1. The summed E-state index contributed by atoms with van der Waals surface area (Å²) in [6.45, 7) is 5.00. The predicted octanol–water partition coefficient (Wildman–Crippen LogP) is 0.964. The van der Waals surface area contributed by atoms with E-state index in [2.05, 4.69) is 4.98 Å². The fraction of sp³-hybridized carbons (Fsp3) is 0.538. The average molecular weight is 251 g/mol. The lowest BCUT2D eigenvalue weighted by Crippen LogP contribution is -2.43. The van der Waals surface area contributed by atoms with Crippen molar-refractivity contribution in [1.29, 1.82) is 0 Å². The Kier molecular flexibility index (Phi) is 5.58. The molecule has 0 aromatic carbocycles. The minimum atomic E-state index is -0.266. The summed E-state index contributed by atoms with van der Waals surface area (Å²) in [4.78, 5) is 27.9. The first-order chi connectivity index (χ1) is 8.63. The molecule has 0 fully saturated rings. The van der Waals surface area contributed by atoms with E-state index in [0.29, 0.717) is 18.8 Å². The molecule has 0 unspecified atom stereocenters. The van der Waals surface area contributed by atoms with Gasteiger partial charge in [0.2, 0.25) is 5.56 Å². The maximum Gasteiger partial charge on any atom is 0.270 e. The second-order valence-electron chi connectivity index (χ2n) is 4.19. The highest BCUT2D eigenvalue weighted by Crippen LogP contribution is 2.11. The summed E-state index contributed by atoms with van der Waals surface area (Å²) < 4.78 is 0. The number of amides is 1. The number of aromatic amines is 1. The van der Waals surface area contributed by atoms with E-state index in [1.807, 2.05) is 13.8 Å². The Balaban J connectivity index is 2.98. The third-order valence-corrected chi connectivity index (χ3v) is 3.01. The van der Waals surface area contributed by atoms with Crippen LogP contribution in [-0.2, 0) is 0 Å². The van der Waals surface area contributed by atoms with E-state index in [4.69, 9.17) is 5.73 Å². The first-order valence-corrected chi connectivity index (χ1v) is 6.34. The van der Waals surface area contributed by atoms with Crippen molar-refractivity contribution in [3.8, 4) is 0 Å². The molecule has 0 radical (unpaired) electrons. The fourth-order valence-corrected chi connectivity index (χ4v) is 2.05. The number of nitrogens with two attached hydrogens (primary N) is 1. The van der Waals surface area contributed by atoms with Crippen molar-refractivity contribution in [2.24, 2.45) is 5.73 Å². The SMILES string of the molecule is CCC(CC)N(CCN)C(=O)c1cccc(=O)[nH]1. The lowest BCUT2D eigenvalue weighted by molar-refractivity contribution is 0.0668. The molecule has 0 saturated carbocycles. The van der Waals surface area contributed by atoms with Crippen LogP contribution in [0.4, 0.5) is 0 Å². The van der Waals surface area contributed by atoms with Crippen LogP contribution in [-0.4, -0.2) is 34.9 Å². The Hall–Kier alpha value is -1.62. The third kappa shape index (κ3) is 3.43. The van der Waals surface area contributed by atoms with Crippen LogP contribution in [0.1, 0.15) is 37.2 Å². The molecule has 0 aliphatic heterocycles. The molecule has 5 nitrogen and oxygen atoms in total. The van der Waals surface area contributed by atoms with Gasteiger partial charge in [-0.3, -0.25) is 9.59 Å². The molecule has 1 rings (SSSR count). The van der Waals surface area contributed by atoms with Gasteiger partial charge in [0.25, 0.3) is 5.91 Å². The number of pyridine rings is 1. The van der Waals surface area contributed by atoms with Crippen molar-refractivity contribution < 1.29 is 4.79 Å². The summed E-state index contributed by atoms with van der Waals surface area (Å²) in [5.74, 6) is -0.160. The number of rotatable bonds is 6. The van der Waals surface area contributed by atoms with E-state index in [-0.39, 0.29) is 17.5 Å². The molecule has 0 saturated heterocycles. The predicted molar refractivity (Wildman–Crippen MR) is 71.5 cm³/mol. The number of hydrogen-bond donors (Lipinski definition) is 2. The summed E-state index contributed by atoms with van der Waals surface area (Å²) >= 11 is 0. The number of carbonyl (C=O) groups excluding carboxylic acids is 1. The number of H-pyrrole nitrogens is 1. The highest BCUT2D eigenvalue weighted by molar-refractivity contribution is 5.92. The second-order valence-corrected chi connectivity index (χ2v) is 4.19. The molecule has 18 heavy (non-hydrogen) atoms. The molecule has 0 spiro atoms. The summed E-state index contributed by atoms with van der Waals surface area (Å²) in [6.07, 6.45) is 1.75. The Morgan fingerprint density at radius 2 is 2.06 bits per heavy atom. The zero-order valence-corrected chi connectivity index (χ0v) is 11.0. The molecule has 0 bridgehead atoms. The topological polar surface area (TPSA) is 79.2 Å². The van der Waals surface area contributed by atoms with Gasteiger partial charge in [0.1, 0.15) is 5.69 Å². The van der Waals surface area contributed by atoms with Crippen molar-refractivity contribution in [3.63, 3.8) is 0 Å². The molecule has 1 amide bonds. The smallest absolute Gasteiger partial charge is 0.270 e. The van der Waals surface area contributed by atoms with Crippen LogP contribution in [0.3, 0.4) is 0 Å². The molecule has 1 heterocycles. The Morgan fingerprint density at radius 3 is 2.56 bits per heavy atom. The fourth-order valence-electron chi connectivity index (χ4n) is 2.05. The Morgan fingerprint density at radius 1 is 1.39 bits per heavy atom. The number of aromatic nitrogens is 1. The molecule has 1 aromatic rings. The first-order valence-electron chi connectivity index (χ1n) is 6.34. The Bertz CT molecular complexity index is 438. The van der Waals surface area contributed by atoms with Gasteiger partial charge in [-0.15, -0.1) is 0 Å². The van der Waals surface area contributed by atoms with Gasteiger partial charge in [-0.25, -0.2) is 0 Å². The van der Waals surface area contributed by atoms with E-state index in [9.17, 15) is 9.59 Å². The van der Waals surface area contributed by atoms with Crippen LogP contribution in [0.5, 0.6) is 0 Å². The van der Waals surface area contributed by atoms with Crippen molar-refractivity contribution in [3.05, 3.63) is 34.2 Å². The molecule has 3 N–H and O–H groups in total. The highest BCUT2D eigenvalue weighted by Gasteiger charge is 2.22. The van der Waals surface area contributed by atoms with Crippen LogP contribution in [0, 0.1) is 0 Å². The molecule has 0 aliphatic rings. The minimum absolute atomic E-state index is 0.157. The molecule has 0 atom stereocenters. The van der Waals surface area contributed by atoms with Crippen molar-refractivity contribution in [2.75, 3.05) is 13.1 Å². The summed E-state index contributed by atoms with van der Waals surface area (Å²) in [5, 5.41) is 0. The minimum Gasteiger partial charge on any atom is -0.333 e. The standard InChI is InChI=1S/C13H21N3O2/c1-3-10(4-2)16(9-8-14)13(18)11-6-5-7-12(17)15-11/h5-7,10H,3-4,8-9,14H2,1-2H3,(H,15,17). The summed E-state index contributed by atoms with van der Waals surface area (Å²) in [5.41, 5.74) is 5.61. The lowest BCUT2D eigenvalue weighted by Gasteiger charge is -2.30. The van der Waals surface area contributed by atoms with Gasteiger partial charge in [-0.2, -0.15) is 0 Å². The van der Waals surface area contributed by atoms with Crippen LogP contribution in [0.25, 0.3) is 0 Å². The maximum atomic E-state index is 12.3. The van der Waals surface area contributed by atoms with Crippen molar-refractivity contribution >= 4 is 5.91 Å². The molecular formula is C13H21N3O2.